The summed E-state index contributed by atoms with van der Waals surface area (Å²) < 4.78 is 12.2. The second kappa shape index (κ2) is 5.16. The van der Waals surface area contributed by atoms with Crippen LogP contribution in [0.3, 0.4) is 0 Å². The van der Waals surface area contributed by atoms with Gasteiger partial charge in [-0.25, -0.2) is 4.79 Å². The van der Waals surface area contributed by atoms with Crippen LogP contribution in [0.2, 0.25) is 0 Å². The molecule has 0 saturated heterocycles. The number of benzene rings is 1. The Labute approximate surface area is 104 Å². The van der Waals surface area contributed by atoms with Gasteiger partial charge >= 0.3 is 5.97 Å². The molecule has 5 heteroatoms. The Balaban J connectivity index is 2.37. The number of fused-ring (bicyclic) bond motifs is 1. The average Bonchev–Trinajstić information content (AvgIpc) is 2.35. The third-order valence-electron chi connectivity index (χ3n) is 3.09. The molecule has 1 atom stereocenters. The number of carboxylic acid groups (broad SMARTS) is 1. The number of carbonyl (C=O) groups excluding carboxylic acids is 1. The maximum atomic E-state index is 12.2. The molecule has 1 aromatic rings. The maximum absolute atomic E-state index is 12.2. The van der Waals surface area contributed by atoms with Crippen molar-refractivity contribution in [3.63, 3.8) is 0 Å². The van der Waals surface area contributed by atoms with E-state index in [4.69, 9.17) is 0 Å². The van der Waals surface area contributed by atoms with E-state index < -0.39 is 18.7 Å². The summed E-state index contributed by atoms with van der Waals surface area (Å²) in [5.74, 6) is -1.33. The Bertz CT molecular complexity index is 475. The van der Waals surface area contributed by atoms with Crippen LogP contribution in [-0.2, 0) is 16.0 Å². The monoisotopic (exact) mass is 251 g/mol. The Morgan fingerprint density at radius 1 is 1.44 bits per heavy atom. The molecule has 4 nitrogen and oxygen atoms in total. The molecular weight excluding hydrogens is 237 g/mol. The van der Waals surface area contributed by atoms with Crippen molar-refractivity contribution in [3.8, 4) is 0 Å². The van der Waals surface area contributed by atoms with Gasteiger partial charge in [0.25, 0.3) is 0 Å². The van der Waals surface area contributed by atoms with Gasteiger partial charge in [-0.05, 0) is 17.5 Å². The summed E-state index contributed by atoms with van der Waals surface area (Å²) in [6.45, 7) is -0.418. The smallest absolute Gasteiger partial charge is 0.331 e. The molecule has 2 rings (SSSR count). The minimum absolute atomic E-state index is 0.140. The van der Waals surface area contributed by atoms with Crippen molar-refractivity contribution in [2.75, 3.05) is 13.2 Å². The third-order valence-corrected chi connectivity index (χ3v) is 3.09. The molecule has 1 amide bonds. The zero-order chi connectivity index (χ0) is 13.1. The van der Waals surface area contributed by atoms with Crippen LogP contribution >= 0.6 is 0 Å². The Kier molecular flexibility index (Phi) is 3.60. The van der Waals surface area contributed by atoms with Crippen molar-refractivity contribution < 1.29 is 19.1 Å². The minimum atomic E-state index is -1.07. The van der Waals surface area contributed by atoms with Crippen LogP contribution in [0.4, 0.5) is 4.39 Å². The quantitative estimate of drug-likeness (QED) is 0.883. The molecule has 1 aliphatic rings. The second-order valence-electron chi connectivity index (χ2n) is 4.25. The molecule has 1 N–H and O–H groups in total. The highest BCUT2D eigenvalue weighted by Crippen LogP contribution is 2.30. The topological polar surface area (TPSA) is 57.6 Å². The fourth-order valence-electron chi connectivity index (χ4n) is 2.29. The van der Waals surface area contributed by atoms with Gasteiger partial charge in [0.2, 0.25) is 5.91 Å². The van der Waals surface area contributed by atoms with Crippen LogP contribution in [0.1, 0.15) is 23.6 Å². The molecule has 0 aromatic heterocycles. The van der Waals surface area contributed by atoms with E-state index in [1.807, 2.05) is 0 Å². The molecule has 1 aromatic carbocycles. The van der Waals surface area contributed by atoms with E-state index in [9.17, 15) is 19.1 Å². The first-order valence-corrected chi connectivity index (χ1v) is 5.81. The molecule has 0 unspecified atom stereocenters. The average molecular weight is 251 g/mol. The molecular formula is C13H14FNO3. The lowest BCUT2D eigenvalue weighted by atomic mass is 9.92. The van der Waals surface area contributed by atoms with Crippen LogP contribution in [0.15, 0.2) is 24.3 Å². The summed E-state index contributed by atoms with van der Waals surface area (Å²) in [6, 6.07) is 6.01. The number of halogens is 1. The lowest BCUT2D eigenvalue weighted by molar-refractivity contribution is -0.151. The molecule has 0 saturated carbocycles. The summed E-state index contributed by atoms with van der Waals surface area (Å²) in [5, 5.41) is 9.28. The van der Waals surface area contributed by atoms with E-state index in [2.05, 4.69) is 0 Å². The zero-order valence-electron chi connectivity index (χ0n) is 9.80. The third kappa shape index (κ3) is 2.20. The van der Waals surface area contributed by atoms with Gasteiger partial charge in [0, 0.05) is 6.54 Å². The summed E-state index contributed by atoms with van der Waals surface area (Å²) >= 11 is 0. The van der Waals surface area contributed by atoms with E-state index in [-0.39, 0.29) is 25.3 Å². The number of rotatable bonds is 4. The normalized spacial score (nSPS) is 18.6. The van der Waals surface area contributed by atoms with Gasteiger partial charge in [0.15, 0.2) is 6.04 Å². The van der Waals surface area contributed by atoms with Gasteiger partial charge in [-0.1, -0.05) is 24.3 Å². The molecule has 0 radical (unpaired) electrons. The number of alkyl halides is 1. The number of amides is 1. The van der Waals surface area contributed by atoms with Crippen LogP contribution in [0.25, 0.3) is 0 Å². The van der Waals surface area contributed by atoms with Crippen LogP contribution in [0.5, 0.6) is 0 Å². The number of aliphatic carboxylic acids is 1. The van der Waals surface area contributed by atoms with Gasteiger partial charge in [-0.15, -0.1) is 0 Å². The molecule has 1 heterocycles. The van der Waals surface area contributed by atoms with Crippen LogP contribution < -0.4 is 0 Å². The second-order valence-corrected chi connectivity index (χ2v) is 4.25. The minimum Gasteiger partial charge on any atom is -0.479 e. The number of hydrogen-bond donors (Lipinski definition) is 1. The SMILES string of the molecule is O=C(O)[C@H]1c2ccccc2CC(=O)N1CCCF. The van der Waals surface area contributed by atoms with Crippen LogP contribution in [0, 0.1) is 0 Å². The van der Waals surface area contributed by atoms with Crippen molar-refractivity contribution in [3.05, 3.63) is 35.4 Å². The van der Waals surface area contributed by atoms with Crippen molar-refractivity contribution >= 4 is 11.9 Å². The highest BCUT2D eigenvalue weighted by atomic mass is 19.1. The molecule has 0 spiro atoms. The van der Waals surface area contributed by atoms with E-state index in [0.717, 1.165) is 5.56 Å². The van der Waals surface area contributed by atoms with E-state index in [1.54, 1.807) is 24.3 Å². The summed E-state index contributed by atoms with van der Waals surface area (Å²) in [6.07, 6.45) is 0.351. The molecule has 96 valence electrons. The van der Waals surface area contributed by atoms with E-state index >= 15 is 0 Å². The van der Waals surface area contributed by atoms with Crippen LogP contribution in [-0.4, -0.2) is 35.1 Å². The molecule has 1 aliphatic heterocycles. The van der Waals surface area contributed by atoms with Gasteiger partial charge in [-0.2, -0.15) is 0 Å². The van der Waals surface area contributed by atoms with Gasteiger partial charge in [-0.3, -0.25) is 9.18 Å². The van der Waals surface area contributed by atoms with E-state index in [0.29, 0.717) is 5.56 Å². The first kappa shape index (κ1) is 12.5. The summed E-state index contributed by atoms with van der Waals surface area (Å²) in [5.41, 5.74) is 1.37. The summed E-state index contributed by atoms with van der Waals surface area (Å²) in [7, 11) is 0. The predicted octanol–water partition coefficient (Wildman–Crippen LogP) is 1.56. The number of carbonyl (C=O) groups is 2. The number of nitrogens with zero attached hydrogens (tertiary/aromatic N) is 1. The molecule has 0 fully saturated rings. The Morgan fingerprint density at radius 3 is 2.83 bits per heavy atom. The fraction of sp³-hybridized carbons (Fsp3) is 0.385. The van der Waals surface area contributed by atoms with Gasteiger partial charge < -0.3 is 10.0 Å². The van der Waals surface area contributed by atoms with Crippen molar-refractivity contribution in [1.82, 2.24) is 4.90 Å². The standard InChI is InChI=1S/C13H14FNO3/c14-6-3-7-15-11(16)8-9-4-1-2-5-10(9)12(15)13(17)18/h1-2,4-5,12H,3,6-8H2,(H,17,18)/t12-/m1/s1. The Morgan fingerprint density at radius 2 is 2.17 bits per heavy atom. The fourth-order valence-corrected chi connectivity index (χ4v) is 2.29. The predicted molar refractivity (Wildman–Crippen MR) is 62.8 cm³/mol. The highest BCUT2D eigenvalue weighted by molar-refractivity contribution is 5.89. The zero-order valence-corrected chi connectivity index (χ0v) is 9.80. The van der Waals surface area contributed by atoms with Crippen molar-refractivity contribution in [2.24, 2.45) is 0 Å². The maximum Gasteiger partial charge on any atom is 0.331 e. The molecule has 0 aliphatic carbocycles. The highest BCUT2D eigenvalue weighted by Gasteiger charge is 2.36. The largest absolute Gasteiger partial charge is 0.479 e. The number of carboxylic acids is 1. The van der Waals surface area contributed by atoms with Gasteiger partial charge in [0.05, 0.1) is 13.1 Å². The van der Waals surface area contributed by atoms with Gasteiger partial charge in [0.1, 0.15) is 0 Å². The molecule has 18 heavy (non-hydrogen) atoms. The lowest BCUT2D eigenvalue weighted by Gasteiger charge is -2.34. The van der Waals surface area contributed by atoms with Crippen molar-refractivity contribution in [2.45, 2.75) is 18.9 Å². The number of hydrogen-bond acceptors (Lipinski definition) is 2. The first-order chi connectivity index (χ1) is 8.65. The Hall–Kier alpha value is -1.91. The van der Waals surface area contributed by atoms with E-state index in [1.165, 1.54) is 4.90 Å². The van der Waals surface area contributed by atoms with Crippen molar-refractivity contribution in [1.29, 1.82) is 0 Å². The lowest BCUT2D eigenvalue weighted by Crippen LogP contribution is -2.44. The first-order valence-electron chi connectivity index (χ1n) is 5.81. The molecule has 0 bridgehead atoms. The summed E-state index contributed by atoms with van der Waals surface area (Å²) in [4.78, 5) is 24.5.